The van der Waals surface area contributed by atoms with E-state index in [2.05, 4.69) is 25.6 Å². The van der Waals surface area contributed by atoms with Gasteiger partial charge in [0.2, 0.25) is 0 Å². The molecular weight excluding hydrogens is 321 g/mol. The Labute approximate surface area is 116 Å². The molecule has 0 bridgehead atoms. The van der Waals surface area contributed by atoms with Crippen LogP contribution in [0.5, 0.6) is 5.75 Å². The van der Waals surface area contributed by atoms with Gasteiger partial charge in [-0.2, -0.15) is 4.37 Å². The van der Waals surface area contributed by atoms with Crippen LogP contribution in [0.1, 0.15) is 5.56 Å². The van der Waals surface area contributed by atoms with Crippen LogP contribution in [-0.2, 0) is 6.54 Å². The van der Waals surface area contributed by atoms with E-state index in [4.69, 9.17) is 10.5 Å². The summed E-state index contributed by atoms with van der Waals surface area (Å²) in [5.74, 6) is 0.567. The molecule has 2 aromatic rings. The Bertz CT molecular complexity index is 561. The summed E-state index contributed by atoms with van der Waals surface area (Å²) in [7, 11) is 1.52. The summed E-state index contributed by atoms with van der Waals surface area (Å²) in [5, 5.41) is 3.75. The average molecular weight is 332 g/mol. The fourth-order valence-corrected chi connectivity index (χ4v) is 2.55. The molecule has 3 N–H and O–H groups in total. The Balaban J connectivity index is 2.13. The van der Waals surface area contributed by atoms with Gasteiger partial charge in [0.1, 0.15) is 5.82 Å². The molecule has 18 heavy (non-hydrogen) atoms. The lowest BCUT2D eigenvalue weighted by Gasteiger charge is -2.07. The van der Waals surface area contributed by atoms with Crippen molar-refractivity contribution in [2.24, 2.45) is 0 Å². The molecule has 0 saturated heterocycles. The number of benzene rings is 1. The Morgan fingerprint density at radius 2 is 2.33 bits per heavy atom. The Kier molecular flexibility index (Phi) is 4.03. The van der Waals surface area contributed by atoms with Gasteiger partial charge in [-0.3, -0.25) is 0 Å². The molecule has 2 rings (SSSR count). The van der Waals surface area contributed by atoms with Crippen molar-refractivity contribution in [3.05, 3.63) is 34.1 Å². The topological polar surface area (TPSA) is 60.2 Å². The van der Waals surface area contributed by atoms with Crippen molar-refractivity contribution in [3.8, 4) is 5.75 Å². The van der Waals surface area contributed by atoms with Crippen molar-refractivity contribution in [2.45, 2.75) is 6.54 Å². The molecule has 0 saturated carbocycles. The summed E-state index contributed by atoms with van der Waals surface area (Å²) in [6.07, 6.45) is 0. The molecule has 0 aliphatic carbocycles. The van der Waals surface area contributed by atoms with Gasteiger partial charge in [-0.1, -0.05) is 15.9 Å². The molecule has 7 heteroatoms. The first-order chi connectivity index (χ1) is 8.61. The standard InChI is InChI=1S/C11H11BrFN3OS/c1-17-9-10(14)16-18-11(9)15-5-6-4-7(12)2-3-8(6)13/h2-4,15H,5H2,1H3,(H2,14,16). The Morgan fingerprint density at radius 3 is 3.06 bits per heavy atom. The number of aromatic nitrogens is 1. The van der Waals surface area contributed by atoms with Gasteiger partial charge < -0.3 is 15.8 Å². The number of halogens is 2. The second-order valence-corrected chi connectivity index (χ2v) is 5.21. The predicted octanol–water partition coefficient (Wildman–Crippen LogP) is 3.25. The number of ether oxygens (including phenoxy) is 1. The van der Waals surface area contributed by atoms with Gasteiger partial charge in [0.15, 0.2) is 16.6 Å². The number of hydrogen-bond donors (Lipinski definition) is 2. The second-order valence-electron chi connectivity index (χ2n) is 3.52. The highest BCUT2D eigenvalue weighted by atomic mass is 79.9. The lowest BCUT2D eigenvalue weighted by Crippen LogP contribution is -2.02. The quantitative estimate of drug-likeness (QED) is 0.902. The van der Waals surface area contributed by atoms with E-state index in [1.165, 1.54) is 24.7 Å². The van der Waals surface area contributed by atoms with Crippen LogP contribution in [0, 0.1) is 5.82 Å². The maximum Gasteiger partial charge on any atom is 0.197 e. The van der Waals surface area contributed by atoms with E-state index in [0.717, 1.165) is 4.47 Å². The van der Waals surface area contributed by atoms with Gasteiger partial charge in [0.25, 0.3) is 0 Å². The molecule has 0 radical (unpaired) electrons. The molecule has 1 heterocycles. The highest BCUT2D eigenvalue weighted by Gasteiger charge is 2.12. The van der Waals surface area contributed by atoms with Crippen LogP contribution in [0.25, 0.3) is 0 Å². The highest BCUT2D eigenvalue weighted by molar-refractivity contribution is 9.10. The number of hydrogen-bond acceptors (Lipinski definition) is 5. The average Bonchev–Trinajstić information content (AvgIpc) is 2.71. The number of methoxy groups -OCH3 is 1. The summed E-state index contributed by atoms with van der Waals surface area (Å²) in [5.41, 5.74) is 6.18. The maximum atomic E-state index is 13.5. The lowest BCUT2D eigenvalue weighted by atomic mass is 10.2. The summed E-state index contributed by atoms with van der Waals surface area (Å²) < 4.78 is 23.4. The van der Waals surface area contributed by atoms with Gasteiger partial charge in [0, 0.05) is 16.6 Å². The van der Waals surface area contributed by atoms with Crippen LogP contribution in [0.2, 0.25) is 0 Å². The van der Waals surface area contributed by atoms with Gasteiger partial charge in [0.05, 0.1) is 7.11 Å². The molecule has 0 amide bonds. The number of rotatable bonds is 4. The zero-order valence-corrected chi connectivity index (χ0v) is 11.9. The number of nitrogens with two attached hydrogens (primary N) is 1. The van der Waals surface area contributed by atoms with Crippen molar-refractivity contribution in [1.29, 1.82) is 0 Å². The van der Waals surface area contributed by atoms with E-state index < -0.39 is 0 Å². The third kappa shape index (κ3) is 2.73. The molecule has 0 unspecified atom stereocenters. The second kappa shape index (κ2) is 5.53. The minimum atomic E-state index is -0.262. The first kappa shape index (κ1) is 13.1. The van der Waals surface area contributed by atoms with Gasteiger partial charge in [-0.15, -0.1) is 0 Å². The third-order valence-corrected chi connectivity index (χ3v) is 3.62. The third-order valence-electron chi connectivity index (χ3n) is 2.33. The van der Waals surface area contributed by atoms with Crippen molar-refractivity contribution >= 4 is 38.3 Å². The van der Waals surface area contributed by atoms with E-state index >= 15 is 0 Å². The minimum Gasteiger partial charge on any atom is -0.490 e. The van der Waals surface area contributed by atoms with Crippen LogP contribution < -0.4 is 15.8 Å². The van der Waals surface area contributed by atoms with E-state index in [1.807, 2.05) is 0 Å². The van der Waals surface area contributed by atoms with Gasteiger partial charge in [-0.05, 0) is 29.7 Å². The summed E-state index contributed by atoms with van der Waals surface area (Å²) >= 11 is 4.49. The fraction of sp³-hybridized carbons (Fsp3) is 0.182. The summed E-state index contributed by atoms with van der Waals surface area (Å²) in [6, 6.07) is 4.79. The van der Waals surface area contributed by atoms with Crippen LogP contribution in [-0.4, -0.2) is 11.5 Å². The molecule has 4 nitrogen and oxygen atoms in total. The van der Waals surface area contributed by atoms with Crippen molar-refractivity contribution in [3.63, 3.8) is 0 Å². The first-order valence-electron chi connectivity index (χ1n) is 5.08. The maximum absolute atomic E-state index is 13.5. The first-order valence-corrected chi connectivity index (χ1v) is 6.65. The van der Waals surface area contributed by atoms with Gasteiger partial charge >= 0.3 is 0 Å². The fourth-order valence-electron chi connectivity index (χ4n) is 1.46. The zero-order valence-electron chi connectivity index (χ0n) is 9.54. The smallest absolute Gasteiger partial charge is 0.197 e. The van der Waals surface area contributed by atoms with Gasteiger partial charge in [-0.25, -0.2) is 4.39 Å². The molecule has 1 aromatic carbocycles. The summed E-state index contributed by atoms with van der Waals surface area (Å²) in [4.78, 5) is 0. The Morgan fingerprint density at radius 1 is 1.56 bits per heavy atom. The molecule has 1 aromatic heterocycles. The zero-order chi connectivity index (χ0) is 13.1. The van der Waals surface area contributed by atoms with Crippen LogP contribution in [0.4, 0.5) is 15.2 Å². The molecule has 96 valence electrons. The number of anilines is 2. The largest absolute Gasteiger partial charge is 0.490 e. The molecule has 0 atom stereocenters. The minimum absolute atomic E-state index is 0.262. The molecule has 0 fully saturated rings. The molecule has 0 spiro atoms. The number of nitrogens with one attached hydrogen (secondary N) is 1. The molecular formula is C11H11BrFN3OS. The predicted molar refractivity (Wildman–Crippen MR) is 74.5 cm³/mol. The monoisotopic (exact) mass is 331 g/mol. The van der Waals surface area contributed by atoms with E-state index in [1.54, 1.807) is 12.1 Å². The Hall–Kier alpha value is -1.34. The number of nitrogen functional groups attached to an aromatic ring is 1. The van der Waals surface area contributed by atoms with E-state index in [0.29, 0.717) is 28.7 Å². The van der Waals surface area contributed by atoms with Crippen molar-refractivity contribution < 1.29 is 9.13 Å². The van der Waals surface area contributed by atoms with Crippen molar-refractivity contribution in [1.82, 2.24) is 4.37 Å². The SMILES string of the molecule is COc1c(N)nsc1NCc1cc(Br)ccc1F. The highest BCUT2D eigenvalue weighted by Crippen LogP contribution is 2.35. The van der Waals surface area contributed by atoms with Crippen LogP contribution in [0.15, 0.2) is 22.7 Å². The van der Waals surface area contributed by atoms with E-state index in [-0.39, 0.29) is 5.82 Å². The lowest BCUT2D eigenvalue weighted by molar-refractivity contribution is 0.419. The van der Waals surface area contributed by atoms with Crippen LogP contribution in [0.3, 0.4) is 0 Å². The van der Waals surface area contributed by atoms with E-state index in [9.17, 15) is 4.39 Å². The normalized spacial score (nSPS) is 10.4. The van der Waals surface area contributed by atoms with Crippen molar-refractivity contribution in [2.75, 3.05) is 18.2 Å². The molecule has 0 aliphatic heterocycles. The van der Waals surface area contributed by atoms with Crippen LogP contribution >= 0.6 is 27.5 Å². The number of nitrogens with zero attached hydrogens (tertiary/aromatic N) is 1. The summed E-state index contributed by atoms with van der Waals surface area (Å²) in [6.45, 7) is 0.337. The molecule has 0 aliphatic rings.